The first kappa shape index (κ1) is 14.8. The van der Waals surface area contributed by atoms with E-state index in [1.165, 1.54) is 10.7 Å². The first-order chi connectivity index (χ1) is 11.1. The third-order valence-corrected chi connectivity index (χ3v) is 3.29. The van der Waals surface area contributed by atoms with Crippen molar-refractivity contribution in [1.29, 1.82) is 0 Å². The van der Waals surface area contributed by atoms with Gasteiger partial charge in [-0.25, -0.2) is 13.5 Å². The summed E-state index contributed by atoms with van der Waals surface area (Å²) < 4.78 is 27.6. The molecule has 0 saturated heterocycles. The van der Waals surface area contributed by atoms with Crippen molar-refractivity contribution < 1.29 is 13.6 Å². The summed E-state index contributed by atoms with van der Waals surface area (Å²) in [5.74, 6) is -2.56. The number of para-hydroxylation sites is 1. The monoisotopic (exact) mass is 314 g/mol. The van der Waals surface area contributed by atoms with Gasteiger partial charge in [-0.05, 0) is 31.2 Å². The number of nitrogens with zero attached hydrogens (tertiary/aromatic N) is 3. The molecule has 1 N–H and O–H groups in total. The van der Waals surface area contributed by atoms with E-state index in [1.54, 1.807) is 6.92 Å². The lowest BCUT2D eigenvalue weighted by Crippen LogP contribution is -2.14. The van der Waals surface area contributed by atoms with Gasteiger partial charge in [0.1, 0.15) is 0 Å². The van der Waals surface area contributed by atoms with E-state index in [1.807, 2.05) is 30.3 Å². The molecule has 1 amide bonds. The summed E-state index contributed by atoms with van der Waals surface area (Å²) >= 11 is 0. The zero-order valence-electron chi connectivity index (χ0n) is 12.1. The fraction of sp³-hybridized carbons (Fsp3) is 0.0625. The minimum absolute atomic E-state index is 0.110. The standard InChI is InChI=1S/C16H12F2N4O/c1-10-15(20-21-22(10)12-5-3-2-4-6-12)16(23)19-11-7-8-13(17)14(18)9-11/h2-9H,1H3,(H,19,23). The van der Waals surface area contributed by atoms with Crippen LogP contribution in [0.25, 0.3) is 5.69 Å². The lowest BCUT2D eigenvalue weighted by Gasteiger charge is -2.05. The van der Waals surface area contributed by atoms with Crippen LogP contribution in [0.2, 0.25) is 0 Å². The number of rotatable bonds is 3. The van der Waals surface area contributed by atoms with Crippen LogP contribution in [0.5, 0.6) is 0 Å². The van der Waals surface area contributed by atoms with Crippen LogP contribution in [0.4, 0.5) is 14.5 Å². The van der Waals surface area contributed by atoms with Gasteiger partial charge in [-0.3, -0.25) is 4.79 Å². The molecule has 3 rings (SSSR count). The number of amides is 1. The topological polar surface area (TPSA) is 59.8 Å². The fourth-order valence-electron chi connectivity index (χ4n) is 2.12. The van der Waals surface area contributed by atoms with Crippen molar-refractivity contribution in [2.24, 2.45) is 0 Å². The number of halogens is 2. The molecule has 0 fully saturated rings. The van der Waals surface area contributed by atoms with Crippen molar-refractivity contribution in [3.63, 3.8) is 0 Å². The summed E-state index contributed by atoms with van der Waals surface area (Å²) in [6, 6.07) is 12.3. The molecule has 0 aliphatic carbocycles. The highest BCUT2D eigenvalue weighted by molar-refractivity contribution is 6.03. The summed E-state index contributed by atoms with van der Waals surface area (Å²) in [6.45, 7) is 1.70. The molecule has 0 radical (unpaired) electrons. The maximum Gasteiger partial charge on any atom is 0.278 e. The number of benzene rings is 2. The second kappa shape index (κ2) is 5.96. The number of carbonyl (C=O) groups excluding carboxylic acids is 1. The number of nitrogens with one attached hydrogen (secondary N) is 1. The Bertz CT molecular complexity index is 862. The molecule has 0 aliphatic heterocycles. The average Bonchev–Trinajstić information content (AvgIpc) is 2.93. The molecule has 0 saturated carbocycles. The van der Waals surface area contributed by atoms with Crippen LogP contribution in [0.15, 0.2) is 48.5 Å². The molecule has 0 bridgehead atoms. The van der Waals surface area contributed by atoms with E-state index >= 15 is 0 Å². The van der Waals surface area contributed by atoms with Gasteiger partial charge < -0.3 is 5.32 Å². The lowest BCUT2D eigenvalue weighted by molar-refractivity contribution is 0.102. The first-order valence-corrected chi connectivity index (χ1v) is 6.80. The van der Waals surface area contributed by atoms with Crippen molar-refractivity contribution in [1.82, 2.24) is 15.0 Å². The second-order valence-corrected chi connectivity index (χ2v) is 4.85. The van der Waals surface area contributed by atoms with E-state index in [-0.39, 0.29) is 11.4 Å². The highest BCUT2D eigenvalue weighted by atomic mass is 19.2. The summed E-state index contributed by atoms with van der Waals surface area (Å²) in [5, 5.41) is 10.3. The summed E-state index contributed by atoms with van der Waals surface area (Å²) in [4.78, 5) is 12.2. The smallest absolute Gasteiger partial charge is 0.278 e. The third-order valence-electron chi connectivity index (χ3n) is 3.29. The Labute approximate surface area is 130 Å². The van der Waals surface area contributed by atoms with E-state index in [0.29, 0.717) is 5.69 Å². The predicted molar refractivity (Wildman–Crippen MR) is 80.4 cm³/mol. The largest absolute Gasteiger partial charge is 0.320 e. The molecule has 1 heterocycles. The Kier molecular flexibility index (Phi) is 3.84. The van der Waals surface area contributed by atoms with Crippen LogP contribution in [-0.2, 0) is 0 Å². The normalized spacial score (nSPS) is 10.6. The van der Waals surface area contributed by atoms with Gasteiger partial charge >= 0.3 is 0 Å². The maximum atomic E-state index is 13.2. The van der Waals surface area contributed by atoms with Crippen molar-refractivity contribution >= 4 is 11.6 Å². The molecular weight excluding hydrogens is 302 g/mol. The van der Waals surface area contributed by atoms with Crippen LogP contribution in [-0.4, -0.2) is 20.9 Å². The highest BCUT2D eigenvalue weighted by Gasteiger charge is 2.17. The Morgan fingerprint density at radius 3 is 2.52 bits per heavy atom. The molecule has 5 nitrogen and oxygen atoms in total. The quantitative estimate of drug-likeness (QED) is 0.808. The van der Waals surface area contributed by atoms with Crippen molar-refractivity contribution in [2.45, 2.75) is 6.92 Å². The number of hydrogen-bond acceptors (Lipinski definition) is 3. The first-order valence-electron chi connectivity index (χ1n) is 6.80. The fourth-order valence-corrected chi connectivity index (χ4v) is 2.12. The zero-order chi connectivity index (χ0) is 16.4. The zero-order valence-corrected chi connectivity index (χ0v) is 12.1. The number of anilines is 1. The van der Waals surface area contributed by atoms with Gasteiger partial charge in [0.2, 0.25) is 0 Å². The summed E-state index contributed by atoms with van der Waals surface area (Å²) in [7, 11) is 0. The molecule has 0 unspecified atom stereocenters. The van der Waals surface area contributed by atoms with Crippen LogP contribution >= 0.6 is 0 Å². The van der Waals surface area contributed by atoms with Crippen molar-refractivity contribution in [3.05, 3.63) is 71.6 Å². The second-order valence-electron chi connectivity index (χ2n) is 4.85. The van der Waals surface area contributed by atoms with E-state index in [4.69, 9.17) is 0 Å². The van der Waals surface area contributed by atoms with Crippen LogP contribution in [0.1, 0.15) is 16.2 Å². The van der Waals surface area contributed by atoms with E-state index in [9.17, 15) is 13.6 Å². The van der Waals surface area contributed by atoms with E-state index < -0.39 is 17.5 Å². The van der Waals surface area contributed by atoms with Crippen LogP contribution < -0.4 is 5.32 Å². The molecule has 23 heavy (non-hydrogen) atoms. The molecule has 116 valence electrons. The minimum atomic E-state index is -1.03. The van der Waals surface area contributed by atoms with Gasteiger partial charge in [0, 0.05) is 11.8 Å². The molecule has 1 aromatic heterocycles. The Balaban J connectivity index is 1.86. The lowest BCUT2D eigenvalue weighted by atomic mass is 10.2. The molecular formula is C16H12F2N4O. The molecule has 0 atom stereocenters. The van der Waals surface area contributed by atoms with Gasteiger partial charge in [0.25, 0.3) is 5.91 Å². The molecule has 3 aromatic rings. The SMILES string of the molecule is Cc1c(C(=O)Nc2ccc(F)c(F)c2)nnn1-c1ccccc1. The Morgan fingerprint density at radius 2 is 1.83 bits per heavy atom. The summed E-state index contributed by atoms with van der Waals surface area (Å²) in [6.07, 6.45) is 0. The Morgan fingerprint density at radius 1 is 1.09 bits per heavy atom. The van der Waals surface area contributed by atoms with Gasteiger partial charge in [-0.1, -0.05) is 23.4 Å². The molecule has 0 spiro atoms. The minimum Gasteiger partial charge on any atom is -0.320 e. The number of carbonyl (C=O) groups is 1. The van der Waals surface area contributed by atoms with E-state index in [2.05, 4.69) is 15.6 Å². The highest BCUT2D eigenvalue weighted by Crippen LogP contribution is 2.16. The van der Waals surface area contributed by atoms with Crippen LogP contribution in [0.3, 0.4) is 0 Å². The predicted octanol–water partition coefficient (Wildman–Crippen LogP) is 3.11. The number of aromatic nitrogens is 3. The maximum absolute atomic E-state index is 13.2. The van der Waals surface area contributed by atoms with Gasteiger partial charge in [0.15, 0.2) is 17.3 Å². The molecule has 2 aromatic carbocycles. The number of hydrogen-bond donors (Lipinski definition) is 1. The molecule has 0 aliphatic rings. The van der Waals surface area contributed by atoms with Gasteiger partial charge in [0.05, 0.1) is 11.4 Å². The summed E-state index contributed by atoms with van der Waals surface area (Å²) in [5.41, 5.74) is 1.56. The Hall–Kier alpha value is -3.09. The van der Waals surface area contributed by atoms with Crippen LogP contribution in [0, 0.1) is 18.6 Å². The molecule has 7 heteroatoms. The third kappa shape index (κ3) is 2.94. The van der Waals surface area contributed by atoms with Crippen molar-refractivity contribution in [3.8, 4) is 5.69 Å². The van der Waals surface area contributed by atoms with E-state index in [0.717, 1.165) is 17.8 Å². The average molecular weight is 314 g/mol. The van der Waals surface area contributed by atoms with Crippen molar-refractivity contribution in [2.75, 3.05) is 5.32 Å². The van der Waals surface area contributed by atoms with Gasteiger partial charge in [-0.15, -0.1) is 5.10 Å². The van der Waals surface area contributed by atoms with Gasteiger partial charge in [-0.2, -0.15) is 0 Å².